The van der Waals surface area contributed by atoms with Crippen LogP contribution in [0.1, 0.15) is 28.4 Å². The standard InChI is InChI=1S/C21H28N4O2.HI/c1-4-22-21(23-13-12-16-6-5-7-19(26)14-16)24-15-17-8-10-18(11-9-17)20(27)25(2)3;/h5-11,14,26H,4,12-13,15H2,1-3H3,(H2,22,23,24);1H. The number of phenolic OH excluding ortho intramolecular Hbond substituents is 1. The van der Waals surface area contributed by atoms with Gasteiger partial charge in [0.05, 0.1) is 6.54 Å². The molecule has 0 aliphatic carbocycles. The van der Waals surface area contributed by atoms with Crippen molar-refractivity contribution in [3.63, 3.8) is 0 Å². The van der Waals surface area contributed by atoms with Gasteiger partial charge in [-0.25, -0.2) is 4.99 Å². The number of amides is 1. The van der Waals surface area contributed by atoms with E-state index in [1.165, 1.54) is 0 Å². The van der Waals surface area contributed by atoms with E-state index in [0.29, 0.717) is 18.7 Å². The molecule has 2 rings (SSSR count). The quantitative estimate of drug-likeness (QED) is 0.313. The SMILES string of the molecule is CCNC(=NCc1ccc(C(=O)N(C)C)cc1)NCCc1cccc(O)c1.I. The fourth-order valence-corrected chi connectivity index (χ4v) is 2.56. The second-order valence-corrected chi connectivity index (χ2v) is 6.44. The summed E-state index contributed by atoms with van der Waals surface area (Å²) in [4.78, 5) is 18.1. The molecular formula is C21H29IN4O2. The van der Waals surface area contributed by atoms with E-state index in [2.05, 4.69) is 15.6 Å². The Hall–Kier alpha value is -2.29. The third kappa shape index (κ3) is 7.75. The molecule has 0 fully saturated rings. The van der Waals surface area contributed by atoms with Gasteiger partial charge >= 0.3 is 0 Å². The molecule has 152 valence electrons. The number of phenols is 1. The third-order valence-corrected chi connectivity index (χ3v) is 3.99. The molecule has 2 aromatic rings. The van der Waals surface area contributed by atoms with Gasteiger partial charge in [0.2, 0.25) is 0 Å². The topological polar surface area (TPSA) is 77.0 Å². The maximum Gasteiger partial charge on any atom is 0.253 e. The minimum atomic E-state index is -0.00740. The minimum absolute atomic E-state index is 0. The Bertz CT molecular complexity index is 776. The Balaban J connectivity index is 0.00000392. The molecule has 1 amide bonds. The predicted octanol–water partition coefficient (Wildman–Crippen LogP) is 3.01. The van der Waals surface area contributed by atoms with Crippen LogP contribution in [0.4, 0.5) is 0 Å². The number of benzene rings is 2. The second kappa shape index (κ2) is 12.2. The van der Waals surface area contributed by atoms with E-state index in [-0.39, 0.29) is 35.6 Å². The van der Waals surface area contributed by atoms with E-state index in [1.807, 2.05) is 43.3 Å². The highest BCUT2D eigenvalue weighted by molar-refractivity contribution is 14.0. The van der Waals surface area contributed by atoms with E-state index in [9.17, 15) is 9.90 Å². The Kier molecular flexibility index (Phi) is 10.4. The van der Waals surface area contributed by atoms with Gasteiger partial charge in [-0.15, -0.1) is 24.0 Å². The van der Waals surface area contributed by atoms with Gasteiger partial charge in [0.1, 0.15) is 5.75 Å². The monoisotopic (exact) mass is 496 g/mol. The number of nitrogens with one attached hydrogen (secondary N) is 2. The lowest BCUT2D eigenvalue weighted by Crippen LogP contribution is -2.38. The van der Waals surface area contributed by atoms with Crippen LogP contribution >= 0.6 is 24.0 Å². The fourth-order valence-electron chi connectivity index (χ4n) is 2.56. The number of guanidine groups is 1. The molecule has 0 atom stereocenters. The third-order valence-electron chi connectivity index (χ3n) is 3.99. The predicted molar refractivity (Wildman–Crippen MR) is 125 cm³/mol. The number of hydrogen-bond donors (Lipinski definition) is 3. The number of aromatic hydroxyl groups is 1. The molecule has 7 heteroatoms. The molecule has 0 heterocycles. The largest absolute Gasteiger partial charge is 0.508 e. The molecule has 6 nitrogen and oxygen atoms in total. The zero-order valence-electron chi connectivity index (χ0n) is 16.6. The van der Waals surface area contributed by atoms with Crippen LogP contribution in [0.25, 0.3) is 0 Å². The maximum atomic E-state index is 11.9. The summed E-state index contributed by atoms with van der Waals surface area (Å²) in [6.07, 6.45) is 0.792. The smallest absolute Gasteiger partial charge is 0.253 e. The van der Waals surface area contributed by atoms with Gasteiger partial charge in [0.25, 0.3) is 5.91 Å². The highest BCUT2D eigenvalue weighted by atomic mass is 127. The molecular weight excluding hydrogens is 467 g/mol. The van der Waals surface area contributed by atoms with Crippen molar-refractivity contribution in [2.75, 3.05) is 27.2 Å². The number of aliphatic imine (C=N–C) groups is 1. The molecule has 0 saturated heterocycles. The first-order valence-electron chi connectivity index (χ1n) is 9.10. The van der Waals surface area contributed by atoms with E-state index >= 15 is 0 Å². The van der Waals surface area contributed by atoms with Crippen LogP contribution in [-0.2, 0) is 13.0 Å². The van der Waals surface area contributed by atoms with Crippen molar-refractivity contribution in [2.45, 2.75) is 19.9 Å². The first-order valence-corrected chi connectivity index (χ1v) is 9.10. The van der Waals surface area contributed by atoms with Crippen molar-refractivity contribution >= 4 is 35.8 Å². The van der Waals surface area contributed by atoms with Crippen LogP contribution < -0.4 is 10.6 Å². The van der Waals surface area contributed by atoms with Crippen molar-refractivity contribution in [2.24, 2.45) is 4.99 Å². The summed E-state index contributed by atoms with van der Waals surface area (Å²) in [5.74, 6) is 1.02. The molecule has 0 saturated carbocycles. The summed E-state index contributed by atoms with van der Waals surface area (Å²) in [6.45, 7) is 4.03. The van der Waals surface area contributed by atoms with Crippen molar-refractivity contribution in [3.8, 4) is 5.75 Å². The maximum absolute atomic E-state index is 11.9. The highest BCUT2D eigenvalue weighted by Crippen LogP contribution is 2.11. The molecule has 0 aromatic heterocycles. The van der Waals surface area contributed by atoms with Crippen LogP contribution in [0.15, 0.2) is 53.5 Å². The average molecular weight is 496 g/mol. The van der Waals surface area contributed by atoms with E-state index in [4.69, 9.17) is 0 Å². The van der Waals surface area contributed by atoms with Gasteiger partial charge in [-0.1, -0.05) is 24.3 Å². The fraction of sp³-hybridized carbons (Fsp3) is 0.333. The van der Waals surface area contributed by atoms with E-state index < -0.39 is 0 Å². The minimum Gasteiger partial charge on any atom is -0.508 e. The molecule has 0 spiro atoms. The van der Waals surface area contributed by atoms with Crippen molar-refractivity contribution in [3.05, 3.63) is 65.2 Å². The van der Waals surface area contributed by atoms with Gasteiger partial charge in [-0.05, 0) is 48.7 Å². The number of carbonyl (C=O) groups is 1. The van der Waals surface area contributed by atoms with Crippen molar-refractivity contribution < 1.29 is 9.90 Å². The lowest BCUT2D eigenvalue weighted by Gasteiger charge is -2.12. The van der Waals surface area contributed by atoms with Crippen molar-refractivity contribution in [1.82, 2.24) is 15.5 Å². The van der Waals surface area contributed by atoms with Crippen LogP contribution in [0, 0.1) is 0 Å². The Morgan fingerprint density at radius 1 is 1.07 bits per heavy atom. The van der Waals surface area contributed by atoms with E-state index in [1.54, 1.807) is 31.1 Å². The lowest BCUT2D eigenvalue weighted by molar-refractivity contribution is 0.0827. The number of nitrogens with zero attached hydrogens (tertiary/aromatic N) is 2. The average Bonchev–Trinajstić information content (AvgIpc) is 2.66. The Morgan fingerprint density at radius 2 is 1.79 bits per heavy atom. The zero-order chi connectivity index (χ0) is 19.6. The second-order valence-electron chi connectivity index (χ2n) is 6.44. The van der Waals surface area contributed by atoms with Gasteiger partial charge in [0.15, 0.2) is 5.96 Å². The Labute approximate surface area is 184 Å². The summed E-state index contributed by atoms with van der Waals surface area (Å²) in [5.41, 5.74) is 2.78. The Morgan fingerprint density at radius 3 is 2.39 bits per heavy atom. The summed E-state index contributed by atoms with van der Waals surface area (Å²) in [5, 5.41) is 16.0. The van der Waals surface area contributed by atoms with E-state index in [0.717, 1.165) is 30.1 Å². The normalized spacial score (nSPS) is 10.8. The molecule has 0 radical (unpaired) electrons. The summed E-state index contributed by atoms with van der Waals surface area (Å²) in [7, 11) is 3.48. The summed E-state index contributed by atoms with van der Waals surface area (Å²) >= 11 is 0. The molecule has 0 aliphatic rings. The molecule has 28 heavy (non-hydrogen) atoms. The zero-order valence-corrected chi connectivity index (χ0v) is 18.9. The van der Waals surface area contributed by atoms with Gasteiger partial charge in [-0.3, -0.25) is 4.79 Å². The number of rotatable bonds is 7. The van der Waals surface area contributed by atoms with Crippen LogP contribution in [0.2, 0.25) is 0 Å². The number of halogens is 1. The molecule has 0 unspecified atom stereocenters. The number of hydrogen-bond acceptors (Lipinski definition) is 3. The summed E-state index contributed by atoms with van der Waals surface area (Å²) in [6, 6.07) is 14.8. The number of carbonyl (C=O) groups excluding carboxylic acids is 1. The van der Waals surface area contributed by atoms with Crippen LogP contribution in [-0.4, -0.2) is 49.1 Å². The van der Waals surface area contributed by atoms with Gasteiger partial charge < -0.3 is 20.6 Å². The van der Waals surface area contributed by atoms with Gasteiger partial charge in [0, 0.05) is 32.7 Å². The molecule has 0 aliphatic heterocycles. The molecule has 3 N–H and O–H groups in total. The first-order chi connectivity index (χ1) is 13.0. The molecule has 0 bridgehead atoms. The summed E-state index contributed by atoms with van der Waals surface area (Å²) < 4.78 is 0. The van der Waals surface area contributed by atoms with Crippen molar-refractivity contribution in [1.29, 1.82) is 0 Å². The highest BCUT2D eigenvalue weighted by Gasteiger charge is 2.07. The molecule has 2 aromatic carbocycles. The van der Waals surface area contributed by atoms with Crippen LogP contribution in [0.5, 0.6) is 5.75 Å². The lowest BCUT2D eigenvalue weighted by atomic mass is 10.1. The van der Waals surface area contributed by atoms with Gasteiger partial charge in [-0.2, -0.15) is 0 Å². The first kappa shape index (κ1) is 23.7. The van der Waals surface area contributed by atoms with Crippen LogP contribution in [0.3, 0.4) is 0 Å².